The average molecular weight is 395 g/mol. The van der Waals surface area contributed by atoms with Gasteiger partial charge in [-0.1, -0.05) is 50.1 Å². The van der Waals surface area contributed by atoms with Crippen molar-refractivity contribution in [1.29, 1.82) is 0 Å². The largest absolute Gasteiger partial charge is 0.378 e. The average Bonchev–Trinajstić information content (AvgIpc) is 2.77. The summed E-state index contributed by atoms with van der Waals surface area (Å²) >= 11 is 0. The molecule has 0 spiro atoms. The zero-order valence-electron chi connectivity index (χ0n) is 18.1. The first-order chi connectivity index (χ1) is 14.1. The Hall–Kier alpha value is -2.17. The fourth-order valence-electron chi connectivity index (χ4n) is 4.18. The third-order valence-corrected chi connectivity index (χ3v) is 6.07. The quantitative estimate of drug-likeness (QED) is 0.589. The minimum absolute atomic E-state index is 0.216. The van der Waals surface area contributed by atoms with Crippen LogP contribution < -0.4 is 4.90 Å². The molecule has 4 heteroatoms. The number of carbonyl (C=O) groups is 1. The van der Waals surface area contributed by atoms with E-state index in [0.29, 0.717) is 0 Å². The molecule has 0 aliphatic carbocycles. The van der Waals surface area contributed by atoms with E-state index in [0.717, 1.165) is 63.2 Å². The third kappa shape index (κ3) is 5.06. The maximum Gasteiger partial charge on any atom is 0.183 e. The Morgan fingerprint density at radius 2 is 1.69 bits per heavy atom. The SMILES string of the molecule is CCCCC(Cc1ccccc1)(C(=O)c1ccc(N2CCOCC2)cc1)N(C)C. The number of hydrogen-bond acceptors (Lipinski definition) is 4. The number of ether oxygens (including phenoxy) is 1. The van der Waals surface area contributed by atoms with Gasteiger partial charge in [-0.3, -0.25) is 9.69 Å². The Bertz CT molecular complexity index is 767. The zero-order valence-corrected chi connectivity index (χ0v) is 18.1. The number of hydrogen-bond donors (Lipinski definition) is 0. The first-order valence-corrected chi connectivity index (χ1v) is 10.8. The summed E-state index contributed by atoms with van der Waals surface area (Å²) in [5, 5.41) is 0. The molecule has 0 bridgehead atoms. The highest BCUT2D eigenvalue weighted by atomic mass is 16.5. The monoisotopic (exact) mass is 394 g/mol. The number of Topliss-reactive ketones (excluding diaryl/α,β-unsaturated/α-hetero) is 1. The number of rotatable bonds is 9. The van der Waals surface area contributed by atoms with Gasteiger partial charge in [-0.25, -0.2) is 0 Å². The number of nitrogens with zero attached hydrogens (tertiary/aromatic N) is 2. The Labute approximate surface area is 175 Å². The number of anilines is 1. The van der Waals surface area contributed by atoms with Gasteiger partial charge in [0.15, 0.2) is 5.78 Å². The Balaban J connectivity index is 1.88. The highest BCUT2D eigenvalue weighted by molar-refractivity contribution is 6.03. The van der Waals surface area contributed by atoms with Gasteiger partial charge in [-0.15, -0.1) is 0 Å². The van der Waals surface area contributed by atoms with Crippen molar-refractivity contribution < 1.29 is 9.53 Å². The zero-order chi connectivity index (χ0) is 20.7. The van der Waals surface area contributed by atoms with Gasteiger partial charge in [0, 0.05) is 24.3 Å². The molecule has 0 aromatic heterocycles. The molecule has 1 unspecified atom stereocenters. The molecule has 156 valence electrons. The van der Waals surface area contributed by atoms with Crippen LogP contribution in [0.25, 0.3) is 0 Å². The summed E-state index contributed by atoms with van der Waals surface area (Å²) in [6.07, 6.45) is 3.69. The predicted molar refractivity (Wildman–Crippen MR) is 120 cm³/mol. The number of morpholine rings is 1. The topological polar surface area (TPSA) is 32.8 Å². The lowest BCUT2D eigenvalue weighted by molar-refractivity contribution is 0.0647. The first-order valence-electron chi connectivity index (χ1n) is 10.8. The van der Waals surface area contributed by atoms with E-state index >= 15 is 0 Å². The molecular weight excluding hydrogens is 360 g/mol. The summed E-state index contributed by atoms with van der Waals surface area (Å²) in [5.74, 6) is 0.216. The third-order valence-electron chi connectivity index (χ3n) is 6.07. The fourth-order valence-corrected chi connectivity index (χ4v) is 4.18. The second kappa shape index (κ2) is 10.0. The maximum absolute atomic E-state index is 13.8. The lowest BCUT2D eigenvalue weighted by Crippen LogP contribution is -2.53. The second-order valence-corrected chi connectivity index (χ2v) is 8.17. The molecule has 4 nitrogen and oxygen atoms in total. The Morgan fingerprint density at radius 3 is 2.28 bits per heavy atom. The minimum atomic E-state index is -0.530. The van der Waals surface area contributed by atoms with Crippen LogP contribution in [0.3, 0.4) is 0 Å². The van der Waals surface area contributed by atoms with Gasteiger partial charge in [0.1, 0.15) is 0 Å². The van der Waals surface area contributed by atoms with Gasteiger partial charge < -0.3 is 9.64 Å². The van der Waals surface area contributed by atoms with E-state index in [1.54, 1.807) is 0 Å². The van der Waals surface area contributed by atoms with Crippen LogP contribution in [0.1, 0.15) is 42.1 Å². The highest BCUT2D eigenvalue weighted by Crippen LogP contribution is 2.30. The van der Waals surface area contributed by atoms with Crippen LogP contribution in [-0.4, -0.2) is 56.6 Å². The molecule has 0 saturated carbocycles. The lowest BCUT2D eigenvalue weighted by atomic mass is 9.78. The van der Waals surface area contributed by atoms with Crippen LogP contribution >= 0.6 is 0 Å². The molecule has 1 fully saturated rings. The van der Waals surface area contributed by atoms with E-state index in [-0.39, 0.29) is 5.78 Å². The molecule has 1 heterocycles. The molecule has 3 rings (SSSR count). The predicted octanol–water partition coefficient (Wildman–Crippen LogP) is 4.44. The van der Waals surface area contributed by atoms with Crippen molar-refractivity contribution >= 4 is 11.5 Å². The van der Waals surface area contributed by atoms with Crippen molar-refractivity contribution in [2.75, 3.05) is 45.3 Å². The summed E-state index contributed by atoms with van der Waals surface area (Å²) in [4.78, 5) is 18.3. The lowest BCUT2D eigenvalue weighted by Gasteiger charge is -2.39. The fraction of sp³-hybridized carbons (Fsp3) is 0.480. The van der Waals surface area contributed by atoms with Gasteiger partial charge in [0.25, 0.3) is 0 Å². The normalized spacial score (nSPS) is 16.6. The number of benzene rings is 2. The van der Waals surface area contributed by atoms with Crippen LogP contribution in [0.4, 0.5) is 5.69 Å². The maximum atomic E-state index is 13.8. The smallest absolute Gasteiger partial charge is 0.183 e. The van der Waals surface area contributed by atoms with E-state index in [1.165, 1.54) is 5.56 Å². The second-order valence-electron chi connectivity index (χ2n) is 8.17. The first kappa shape index (κ1) is 21.5. The molecule has 1 aliphatic heterocycles. The number of unbranched alkanes of at least 4 members (excludes halogenated alkanes) is 1. The molecule has 0 N–H and O–H groups in total. The molecule has 1 saturated heterocycles. The van der Waals surface area contributed by atoms with Crippen LogP contribution in [0.15, 0.2) is 54.6 Å². The van der Waals surface area contributed by atoms with Crippen molar-refractivity contribution in [3.05, 3.63) is 65.7 Å². The van der Waals surface area contributed by atoms with Gasteiger partial charge in [-0.2, -0.15) is 0 Å². The molecule has 0 radical (unpaired) electrons. The summed E-state index contributed by atoms with van der Waals surface area (Å²) in [7, 11) is 4.08. The molecule has 0 amide bonds. The van der Waals surface area contributed by atoms with Crippen molar-refractivity contribution in [2.45, 2.75) is 38.1 Å². The van der Waals surface area contributed by atoms with Gasteiger partial charge in [-0.05, 0) is 56.8 Å². The van der Waals surface area contributed by atoms with E-state index in [9.17, 15) is 4.79 Å². The standard InChI is InChI=1S/C25H34N2O2/c1-4-5-15-25(26(2)3,20-21-9-7-6-8-10-21)24(28)22-11-13-23(14-12-22)27-16-18-29-19-17-27/h6-14H,4-5,15-20H2,1-3H3. The Morgan fingerprint density at radius 1 is 1.03 bits per heavy atom. The van der Waals surface area contributed by atoms with Crippen molar-refractivity contribution in [3.63, 3.8) is 0 Å². The van der Waals surface area contributed by atoms with E-state index in [4.69, 9.17) is 4.74 Å². The van der Waals surface area contributed by atoms with Crippen LogP contribution in [0, 0.1) is 0 Å². The van der Waals surface area contributed by atoms with E-state index < -0.39 is 5.54 Å². The van der Waals surface area contributed by atoms with Crippen LogP contribution in [-0.2, 0) is 11.2 Å². The van der Waals surface area contributed by atoms with Crippen LogP contribution in [0.2, 0.25) is 0 Å². The van der Waals surface area contributed by atoms with Crippen LogP contribution in [0.5, 0.6) is 0 Å². The van der Waals surface area contributed by atoms with Gasteiger partial charge in [0.05, 0.1) is 18.8 Å². The van der Waals surface area contributed by atoms with Crippen molar-refractivity contribution in [2.24, 2.45) is 0 Å². The van der Waals surface area contributed by atoms with Gasteiger partial charge in [0.2, 0.25) is 0 Å². The summed E-state index contributed by atoms with van der Waals surface area (Å²) < 4.78 is 5.45. The van der Waals surface area contributed by atoms with E-state index in [2.05, 4.69) is 53.1 Å². The minimum Gasteiger partial charge on any atom is -0.378 e. The molecule has 29 heavy (non-hydrogen) atoms. The summed E-state index contributed by atoms with van der Waals surface area (Å²) in [5.41, 5.74) is 2.63. The number of ketones is 1. The van der Waals surface area contributed by atoms with Gasteiger partial charge >= 0.3 is 0 Å². The molecule has 1 atom stereocenters. The number of carbonyl (C=O) groups excluding carboxylic acids is 1. The summed E-state index contributed by atoms with van der Waals surface area (Å²) in [6, 6.07) is 18.6. The van der Waals surface area contributed by atoms with E-state index in [1.807, 2.05) is 32.3 Å². The van der Waals surface area contributed by atoms with Crippen molar-refractivity contribution in [1.82, 2.24) is 4.90 Å². The molecule has 2 aromatic rings. The molecule has 1 aliphatic rings. The molecular formula is C25H34N2O2. The highest BCUT2D eigenvalue weighted by Gasteiger charge is 2.40. The summed E-state index contributed by atoms with van der Waals surface area (Å²) in [6.45, 7) is 5.51. The molecule has 2 aromatic carbocycles. The van der Waals surface area contributed by atoms with Crippen molar-refractivity contribution in [3.8, 4) is 0 Å². The Kier molecular flexibility index (Phi) is 7.45. The number of likely N-dealkylation sites (N-methyl/N-ethyl adjacent to an activating group) is 1.